The van der Waals surface area contributed by atoms with Crippen LogP contribution in [0.15, 0.2) is 43.1 Å². The number of pyridine rings is 1. The van der Waals surface area contributed by atoms with Gasteiger partial charge in [0.1, 0.15) is 5.65 Å². The monoisotopic (exact) mass is 295 g/mol. The number of imidazole rings is 1. The van der Waals surface area contributed by atoms with Crippen molar-refractivity contribution in [3.8, 4) is 0 Å². The molecule has 0 aliphatic heterocycles. The summed E-state index contributed by atoms with van der Waals surface area (Å²) in [5.41, 5.74) is 4.34. The molecule has 0 saturated heterocycles. The largest absolute Gasteiger partial charge is 0.307 e. The van der Waals surface area contributed by atoms with Crippen LogP contribution in [-0.4, -0.2) is 37.3 Å². The van der Waals surface area contributed by atoms with Crippen molar-refractivity contribution in [2.75, 3.05) is 7.05 Å². The van der Waals surface area contributed by atoms with E-state index in [1.54, 1.807) is 12.4 Å². The molecule has 0 aromatic carbocycles. The van der Waals surface area contributed by atoms with Crippen LogP contribution in [0.1, 0.15) is 23.9 Å². The summed E-state index contributed by atoms with van der Waals surface area (Å²) >= 11 is 0. The standard InChI is InChI=1S/C17H21N5/c1-13-5-4-8-22-12-16(20-17(13)22)11-21(3)14(2)9-15-10-18-6-7-19-15/h4-8,10,12,14H,9,11H2,1-3H3. The first-order valence-electron chi connectivity index (χ1n) is 7.52. The third-order valence-corrected chi connectivity index (χ3v) is 4.01. The van der Waals surface area contributed by atoms with Crippen LogP contribution in [0, 0.1) is 6.92 Å². The van der Waals surface area contributed by atoms with Gasteiger partial charge < -0.3 is 4.40 Å². The number of likely N-dealkylation sites (N-methyl/N-ethyl adjacent to an activating group) is 1. The van der Waals surface area contributed by atoms with Crippen LogP contribution in [0.2, 0.25) is 0 Å². The van der Waals surface area contributed by atoms with E-state index in [0.29, 0.717) is 6.04 Å². The Balaban J connectivity index is 1.69. The molecule has 0 spiro atoms. The molecule has 1 atom stereocenters. The van der Waals surface area contributed by atoms with E-state index in [4.69, 9.17) is 4.98 Å². The summed E-state index contributed by atoms with van der Waals surface area (Å²) in [5, 5.41) is 0. The van der Waals surface area contributed by atoms with Crippen LogP contribution in [0.4, 0.5) is 0 Å². The van der Waals surface area contributed by atoms with Crippen molar-refractivity contribution in [2.45, 2.75) is 32.9 Å². The van der Waals surface area contributed by atoms with Crippen molar-refractivity contribution >= 4 is 5.65 Å². The molecule has 5 heteroatoms. The van der Waals surface area contributed by atoms with E-state index in [1.165, 1.54) is 5.56 Å². The van der Waals surface area contributed by atoms with Gasteiger partial charge in [0.15, 0.2) is 0 Å². The Morgan fingerprint density at radius 2 is 2.14 bits per heavy atom. The van der Waals surface area contributed by atoms with Gasteiger partial charge in [0, 0.05) is 50.0 Å². The highest BCUT2D eigenvalue weighted by molar-refractivity contribution is 5.47. The quantitative estimate of drug-likeness (QED) is 0.725. The molecule has 22 heavy (non-hydrogen) atoms. The lowest BCUT2D eigenvalue weighted by atomic mass is 10.1. The van der Waals surface area contributed by atoms with E-state index in [1.807, 2.05) is 18.5 Å². The van der Waals surface area contributed by atoms with Gasteiger partial charge in [0.25, 0.3) is 0 Å². The topological polar surface area (TPSA) is 46.3 Å². The summed E-state index contributed by atoms with van der Waals surface area (Å²) < 4.78 is 2.09. The van der Waals surface area contributed by atoms with Gasteiger partial charge in [-0.05, 0) is 32.5 Å². The van der Waals surface area contributed by atoms with Crippen molar-refractivity contribution < 1.29 is 0 Å². The molecule has 0 N–H and O–H groups in total. The van der Waals surface area contributed by atoms with Gasteiger partial charge in [-0.3, -0.25) is 14.9 Å². The second-order valence-corrected chi connectivity index (χ2v) is 5.82. The predicted octanol–water partition coefficient (Wildman–Crippen LogP) is 2.50. The fourth-order valence-electron chi connectivity index (χ4n) is 2.59. The Hall–Kier alpha value is -2.27. The molecule has 3 rings (SSSR count). The highest BCUT2D eigenvalue weighted by atomic mass is 15.1. The molecule has 0 aliphatic carbocycles. The van der Waals surface area contributed by atoms with Gasteiger partial charge in [-0.15, -0.1) is 0 Å². The summed E-state index contributed by atoms with van der Waals surface area (Å²) in [7, 11) is 2.12. The molecule has 0 saturated carbocycles. The Morgan fingerprint density at radius 1 is 1.27 bits per heavy atom. The first kappa shape index (κ1) is 14.7. The van der Waals surface area contributed by atoms with E-state index in [2.05, 4.69) is 52.4 Å². The number of aromatic nitrogens is 4. The normalized spacial score (nSPS) is 12.9. The Kier molecular flexibility index (Phi) is 4.15. The van der Waals surface area contributed by atoms with E-state index in [9.17, 15) is 0 Å². The lowest BCUT2D eigenvalue weighted by Gasteiger charge is -2.23. The van der Waals surface area contributed by atoms with Crippen LogP contribution in [0.25, 0.3) is 5.65 Å². The Labute approximate surface area is 130 Å². The summed E-state index contributed by atoms with van der Waals surface area (Å²) in [6.45, 7) is 5.12. The minimum atomic E-state index is 0.377. The van der Waals surface area contributed by atoms with Crippen molar-refractivity contribution in [1.29, 1.82) is 0 Å². The number of hydrogen-bond donors (Lipinski definition) is 0. The van der Waals surface area contributed by atoms with Crippen LogP contribution < -0.4 is 0 Å². The summed E-state index contributed by atoms with van der Waals surface area (Å²) in [4.78, 5) is 15.5. The number of hydrogen-bond acceptors (Lipinski definition) is 4. The lowest BCUT2D eigenvalue weighted by molar-refractivity contribution is 0.244. The molecule has 114 valence electrons. The molecular weight excluding hydrogens is 274 g/mol. The molecule has 0 amide bonds. The van der Waals surface area contributed by atoms with Crippen LogP contribution in [-0.2, 0) is 13.0 Å². The van der Waals surface area contributed by atoms with Gasteiger partial charge >= 0.3 is 0 Å². The zero-order chi connectivity index (χ0) is 15.5. The SMILES string of the molecule is Cc1cccn2cc(CN(C)C(C)Cc3cnccn3)nc12. The van der Waals surface area contributed by atoms with E-state index in [-0.39, 0.29) is 0 Å². The van der Waals surface area contributed by atoms with Gasteiger partial charge in [0.05, 0.1) is 11.4 Å². The molecule has 5 nitrogen and oxygen atoms in total. The molecule has 3 aromatic heterocycles. The zero-order valence-electron chi connectivity index (χ0n) is 13.3. The summed E-state index contributed by atoms with van der Waals surface area (Å²) in [5.74, 6) is 0. The average Bonchev–Trinajstić information content (AvgIpc) is 2.92. The molecule has 0 fully saturated rings. The molecule has 1 unspecified atom stereocenters. The second kappa shape index (κ2) is 6.23. The Bertz CT molecular complexity index is 750. The average molecular weight is 295 g/mol. The van der Waals surface area contributed by atoms with E-state index < -0.39 is 0 Å². The van der Waals surface area contributed by atoms with E-state index >= 15 is 0 Å². The highest BCUT2D eigenvalue weighted by Crippen LogP contribution is 2.13. The van der Waals surface area contributed by atoms with Crippen molar-refractivity contribution in [3.05, 3.63) is 60.1 Å². The first-order chi connectivity index (χ1) is 10.6. The number of nitrogens with zero attached hydrogens (tertiary/aromatic N) is 5. The third kappa shape index (κ3) is 3.14. The van der Waals surface area contributed by atoms with Gasteiger partial charge in [-0.2, -0.15) is 0 Å². The molecule has 0 aliphatic rings. The zero-order valence-corrected chi connectivity index (χ0v) is 13.3. The minimum Gasteiger partial charge on any atom is -0.307 e. The van der Waals surface area contributed by atoms with Crippen molar-refractivity contribution in [3.63, 3.8) is 0 Å². The fraction of sp³-hybridized carbons (Fsp3) is 0.353. The van der Waals surface area contributed by atoms with Crippen LogP contribution in [0.5, 0.6) is 0 Å². The van der Waals surface area contributed by atoms with Gasteiger partial charge in [0.2, 0.25) is 0 Å². The molecular formula is C17H21N5. The van der Waals surface area contributed by atoms with Gasteiger partial charge in [-0.25, -0.2) is 4.98 Å². The van der Waals surface area contributed by atoms with E-state index in [0.717, 1.165) is 30.0 Å². The van der Waals surface area contributed by atoms with Crippen LogP contribution >= 0.6 is 0 Å². The van der Waals surface area contributed by atoms with Crippen molar-refractivity contribution in [1.82, 2.24) is 24.3 Å². The fourth-order valence-corrected chi connectivity index (χ4v) is 2.59. The number of aryl methyl sites for hydroxylation is 1. The third-order valence-electron chi connectivity index (χ3n) is 4.01. The van der Waals surface area contributed by atoms with Crippen LogP contribution in [0.3, 0.4) is 0 Å². The maximum absolute atomic E-state index is 4.73. The first-order valence-corrected chi connectivity index (χ1v) is 7.52. The lowest BCUT2D eigenvalue weighted by Crippen LogP contribution is -2.30. The number of fused-ring (bicyclic) bond motifs is 1. The summed E-state index contributed by atoms with van der Waals surface area (Å²) in [6, 6.07) is 4.52. The second-order valence-electron chi connectivity index (χ2n) is 5.82. The maximum atomic E-state index is 4.73. The molecule has 3 aromatic rings. The summed E-state index contributed by atoms with van der Waals surface area (Å²) in [6.07, 6.45) is 10.3. The smallest absolute Gasteiger partial charge is 0.139 e. The predicted molar refractivity (Wildman–Crippen MR) is 86.6 cm³/mol. The minimum absolute atomic E-state index is 0.377. The van der Waals surface area contributed by atoms with Crippen molar-refractivity contribution in [2.24, 2.45) is 0 Å². The molecule has 3 heterocycles. The molecule has 0 bridgehead atoms. The highest BCUT2D eigenvalue weighted by Gasteiger charge is 2.13. The van der Waals surface area contributed by atoms with Gasteiger partial charge in [-0.1, -0.05) is 6.07 Å². The number of rotatable bonds is 5. The maximum Gasteiger partial charge on any atom is 0.139 e. The Morgan fingerprint density at radius 3 is 2.86 bits per heavy atom. The molecule has 0 radical (unpaired) electrons.